The van der Waals surface area contributed by atoms with E-state index in [1.807, 2.05) is 11.9 Å². The molecule has 5 rings (SSSR count). The lowest BCUT2D eigenvalue weighted by Crippen LogP contribution is -2.57. The van der Waals surface area contributed by atoms with E-state index in [9.17, 15) is 4.39 Å². The van der Waals surface area contributed by atoms with Crippen LogP contribution in [0, 0.1) is 11.2 Å². The standard InChI is InChI=1S/C23H33FN6/c1-29-14-23(15-29)11-9-17(10-12-23)30(2)22-18(24)7-8-20(26-22)25-21-13-19(27-28-21)16-5-3-4-6-16/h7-8,13,16-17H,3-6,9-12,14-15H2,1-2H3,(H2,25,26,27,28). The highest BCUT2D eigenvalue weighted by atomic mass is 19.1. The number of anilines is 3. The number of halogens is 1. The first kappa shape index (κ1) is 19.8. The van der Waals surface area contributed by atoms with Crippen LogP contribution in [0.15, 0.2) is 18.2 Å². The summed E-state index contributed by atoms with van der Waals surface area (Å²) in [5.41, 5.74) is 1.70. The van der Waals surface area contributed by atoms with Crippen LogP contribution in [0.1, 0.15) is 63.0 Å². The molecule has 30 heavy (non-hydrogen) atoms. The zero-order valence-electron chi connectivity index (χ0n) is 18.1. The quantitative estimate of drug-likeness (QED) is 0.748. The van der Waals surface area contributed by atoms with Gasteiger partial charge in [-0.2, -0.15) is 5.10 Å². The second kappa shape index (κ2) is 7.84. The molecule has 162 valence electrons. The number of pyridine rings is 1. The molecule has 2 N–H and O–H groups in total. The zero-order chi connectivity index (χ0) is 20.7. The van der Waals surface area contributed by atoms with Gasteiger partial charge in [-0.15, -0.1) is 0 Å². The monoisotopic (exact) mass is 412 g/mol. The Morgan fingerprint density at radius 1 is 1.13 bits per heavy atom. The topological polar surface area (TPSA) is 60.1 Å². The van der Waals surface area contributed by atoms with Crippen molar-refractivity contribution in [3.8, 4) is 0 Å². The summed E-state index contributed by atoms with van der Waals surface area (Å²) >= 11 is 0. The summed E-state index contributed by atoms with van der Waals surface area (Å²) in [6, 6.07) is 5.62. The van der Waals surface area contributed by atoms with Crippen molar-refractivity contribution < 1.29 is 4.39 Å². The normalized spacial score (nSPS) is 22.4. The van der Waals surface area contributed by atoms with Crippen LogP contribution in [-0.2, 0) is 0 Å². The molecule has 2 saturated carbocycles. The summed E-state index contributed by atoms with van der Waals surface area (Å²) in [6.45, 7) is 2.42. The molecule has 1 spiro atoms. The molecular formula is C23H33FN6. The Kier molecular flexibility index (Phi) is 5.17. The van der Waals surface area contributed by atoms with Crippen molar-refractivity contribution in [3.63, 3.8) is 0 Å². The summed E-state index contributed by atoms with van der Waals surface area (Å²) in [5.74, 6) is 2.13. The van der Waals surface area contributed by atoms with Gasteiger partial charge in [-0.3, -0.25) is 5.10 Å². The Morgan fingerprint density at radius 3 is 2.57 bits per heavy atom. The molecule has 3 aliphatic rings. The first-order chi connectivity index (χ1) is 14.5. The van der Waals surface area contributed by atoms with E-state index in [1.165, 1.54) is 63.4 Å². The van der Waals surface area contributed by atoms with Crippen LogP contribution in [-0.4, -0.2) is 53.3 Å². The lowest BCUT2D eigenvalue weighted by molar-refractivity contribution is -0.0134. The molecule has 1 saturated heterocycles. The highest BCUT2D eigenvalue weighted by Gasteiger charge is 2.44. The molecule has 2 aromatic rings. The van der Waals surface area contributed by atoms with Crippen molar-refractivity contribution in [2.45, 2.75) is 63.3 Å². The molecule has 0 amide bonds. The van der Waals surface area contributed by atoms with Crippen molar-refractivity contribution in [2.75, 3.05) is 37.4 Å². The number of nitrogens with zero attached hydrogens (tertiary/aromatic N) is 4. The molecule has 0 atom stereocenters. The minimum atomic E-state index is -0.264. The predicted octanol–water partition coefficient (Wildman–Crippen LogP) is 4.66. The van der Waals surface area contributed by atoms with Crippen LogP contribution < -0.4 is 10.2 Å². The van der Waals surface area contributed by atoms with Gasteiger partial charge in [0.1, 0.15) is 5.82 Å². The number of hydrogen-bond acceptors (Lipinski definition) is 5. The summed E-state index contributed by atoms with van der Waals surface area (Å²) in [5, 5.41) is 10.8. The van der Waals surface area contributed by atoms with Gasteiger partial charge in [0, 0.05) is 43.9 Å². The van der Waals surface area contributed by atoms with Gasteiger partial charge in [-0.25, -0.2) is 9.37 Å². The molecule has 7 heteroatoms. The van der Waals surface area contributed by atoms with Crippen molar-refractivity contribution in [2.24, 2.45) is 5.41 Å². The lowest BCUT2D eigenvalue weighted by Gasteiger charge is -2.53. The average molecular weight is 413 g/mol. The van der Waals surface area contributed by atoms with Gasteiger partial charge in [0.2, 0.25) is 0 Å². The smallest absolute Gasteiger partial charge is 0.167 e. The van der Waals surface area contributed by atoms with Crippen LogP contribution in [0.25, 0.3) is 0 Å². The zero-order valence-corrected chi connectivity index (χ0v) is 18.1. The second-order valence-corrected chi connectivity index (χ2v) is 9.83. The molecule has 3 fully saturated rings. The molecule has 0 radical (unpaired) electrons. The average Bonchev–Trinajstić information content (AvgIpc) is 3.40. The minimum Gasteiger partial charge on any atom is -0.354 e. The Balaban J connectivity index is 1.25. The highest BCUT2D eigenvalue weighted by molar-refractivity contribution is 5.56. The Bertz CT molecular complexity index is 874. The summed E-state index contributed by atoms with van der Waals surface area (Å²) < 4.78 is 14.6. The highest BCUT2D eigenvalue weighted by Crippen LogP contribution is 2.44. The van der Waals surface area contributed by atoms with E-state index in [4.69, 9.17) is 0 Å². The van der Waals surface area contributed by atoms with Crippen LogP contribution >= 0.6 is 0 Å². The van der Waals surface area contributed by atoms with Gasteiger partial charge < -0.3 is 15.1 Å². The number of likely N-dealkylation sites (tertiary alicyclic amines) is 1. The fraction of sp³-hybridized carbons (Fsp3) is 0.652. The first-order valence-corrected chi connectivity index (χ1v) is 11.4. The largest absolute Gasteiger partial charge is 0.354 e. The Morgan fingerprint density at radius 2 is 1.87 bits per heavy atom. The van der Waals surface area contributed by atoms with Gasteiger partial charge in [0.25, 0.3) is 0 Å². The van der Waals surface area contributed by atoms with Crippen LogP contribution in [0.4, 0.5) is 21.8 Å². The van der Waals surface area contributed by atoms with Gasteiger partial charge in [-0.1, -0.05) is 12.8 Å². The SMILES string of the molecule is CN1CC2(CCC(N(C)c3nc(Nc4cc(C5CCCC5)[nH]n4)ccc3F)CC2)C1. The van der Waals surface area contributed by atoms with Crippen molar-refractivity contribution in [1.82, 2.24) is 20.1 Å². The Labute approximate surface area is 178 Å². The number of rotatable bonds is 5. The van der Waals surface area contributed by atoms with Crippen molar-refractivity contribution >= 4 is 17.5 Å². The van der Waals surface area contributed by atoms with Crippen molar-refractivity contribution in [1.29, 1.82) is 0 Å². The number of H-pyrrole nitrogens is 1. The summed E-state index contributed by atoms with van der Waals surface area (Å²) in [7, 11) is 4.18. The van der Waals surface area contributed by atoms with E-state index in [0.717, 1.165) is 18.7 Å². The maximum absolute atomic E-state index is 14.6. The van der Waals surface area contributed by atoms with Gasteiger partial charge >= 0.3 is 0 Å². The number of hydrogen-bond donors (Lipinski definition) is 2. The number of aromatic nitrogens is 3. The fourth-order valence-electron chi connectivity index (χ4n) is 5.92. The summed E-state index contributed by atoms with van der Waals surface area (Å²) in [6.07, 6.45) is 9.70. The minimum absolute atomic E-state index is 0.264. The Hall–Kier alpha value is -2.15. The predicted molar refractivity (Wildman–Crippen MR) is 118 cm³/mol. The maximum atomic E-state index is 14.6. The number of nitrogens with one attached hydrogen (secondary N) is 2. The third-order valence-corrected chi connectivity index (χ3v) is 7.58. The van der Waals surface area contributed by atoms with Gasteiger partial charge in [-0.05, 0) is 63.1 Å². The van der Waals surface area contributed by atoms with E-state index >= 15 is 0 Å². The molecule has 3 heterocycles. The molecule has 0 aromatic carbocycles. The molecule has 0 unspecified atom stereocenters. The third kappa shape index (κ3) is 3.80. The first-order valence-electron chi connectivity index (χ1n) is 11.4. The second-order valence-electron chi connectivity index (χ2n) is 9.83. The fourth-order valence-corrected chi connectivity index (χ4v) is 5.92. The molecule has 2 aromatic heterocycles. The number of aromatic amines is 1. The van der Waals surface area contributed by atoms with Gasteiger partial charge in [0.15, 0.2) is 17.5 Å². The van der Waals surface area contributed by atoms with E-state index in [0.29, 0.717) is 29.0 Å². The van der Waals surface area contributed by atoms with Crippen LogP contribution in [0.2, 0.25) is 0 Å². The third-order valence-electron chi connectivity index (χ3n) is 7.58. The maximum Gasteiger partial charge on any atom is 0.167 e. The molecule has 1 aliphatic heterocycles. The molecule has 0 bridgehead atoms. The lowest BCUT2D eigenvalue weighted by atomic mass is 9.67. The summed E-state index contributed by atoms with van der Waals surface area (Å²) in [4.78, 5) is 9.05. The molecular weight excluding hydrogens is 379 g/mol. The van der Waals surface area contributed by atoms with E-state index in [2.05, 4.69) is 38.5 Å². The van der Waals surface area contributed by atoms with Crippen molar-refractivity contribution in [3.05, 3.63) is 29.7 Å². The van der Waals surface area contributed by atoms with Crippen LogP contribution in [0.3, 0.4) is 0 Å². The van der Waals surface area contributed by atoms with Gasteiger partial charge in [0.05, 0.1) is 0 Å². The molecule has 6 nitrogen and oxygen atoms in total. The van der Waals surface area contributed by atoms with E-state index in [-0.39, 0.29) is 5.82 Å². The molecule has 2 aliphatic carbocycles. The van der Waals surface area contributed by atoms with E-state index < -0.39 is 0 Å². The van der Waals surface area contributed by atoms with Crippen LogP contribution in [0.5, 0.6) is 0 Å². The van der Waals surface area contributed by atoms with E-state index in [1.54, 1.807) is 6.07 Å².